The SMILES string of the molecule is CC/C=C/CCCC(C)O. The van der Waals surface area contributed by atoms with Gasteiger partial charge in [0, 0.05) is 0 Å². The molecule has 1 nitrogen and oxygen atoms in total. The van der Waals surface area contributed by atoms with E-state index in [0.29, 0.717) is 0 Å². The van der Waals surface area contributed by atoms with Gasteiger partial charge >= 0.3 is 0 Å². The van der Waals surface area contributed by atoms with E-state index < -0.39 is 0 Å². The van der Waals surface area contributed by atoms with E-state index in [1.165, 1.54) is 0 Å². The lowest BCUT2D eigenvalue weighted by molar-refractivity contribution is 0.182. The molecule has 0 amide bonds. The predicted molar refractivity (Wildman–Crippen MR) is 45.0 cm³/mol. The zero-order valence-electron chi connectivity index (χ0n) is 7.01. The summed E-state index contributed by atoms with van der Waals surface area (Å²) in [6.45, 7) is 3.97. The molecule has 0 aromatic heterocycles. The topological polar surface area (TPSA) is 20.2 Å². The number of hydrogen-bond donors (Lipinski definition) is 1. The maximum Gasteiger partial charge on any atom is 0.0512 e. The van der Waals surface area contributed by atoms with Crippen molar-refractivity contribution in [3.63, 3.8) is 0 Å². The zero-order chi connectivity index (χ0) is 7.82. The van der Waals surface area contributed by atoms with Crippen LogP contribution in [0.4, 0.5) is 0 Å². The third-order valence-electron chi connectivity index (χ3n) is 1.40. The van der Waals surface area contributed by atoms with E-state index >= 15 is 0 Å². The first kappa shape index (κ1) is 9.70. The molecule has 0 aliphatic carbocycles. The van der Waals surface area contributed by atoms with Crippen molar-refractivity contribution in [2.75, 3.05) is 0 Å². The molecule has 0 saturated heterocycles. The lowest BCUT2D eigenvalue weighted by atomic mass is 10.1. The summed E-state index contributed by atoms with van der Waals surface area (Å²) >= 11 is 0. The van der Waals surface area contributed by atoms with Gasteiger partial charge in [0.2, 0.25) is 0 Å². The zero-order valence-corrected chi connectivity index (χ0v) is 7.01. The predicted octanol–water partition coefficient (Wildman–Crippen LogP) is 2.50. The summed E-state index contributed by atoms with van der Waals surface area (Å²) in [4.78, 5) is 0. The Hall–Kier alpha value is -0.300. The van der Waals surface area contributed by atoms with Gasteiger partial charge in [0.05, 0.1) is 6.10 Å². The minimum Gasteiger partial charge on any atom is -0.393 e. The highest BCUT2D eigenvalue weighted by Gasteiger charge is 1.91. The Morgan fingerprint density at radius 3 is 2.60 bits per heavy atom. The Labute approximate surface area is 63.8 Å². The van der Waals surface area contributed by atoms with Gasteiger partial charge in [-0.15, -0.1) is 0 Å². The molecular formula is C9H18O. The standard InChI is InChI=1S/C9H18O/c1-3-4-5-6-7-8-9(2)10/h4-5,9-10H,3,6-8H2,1-2H3/b5-4+. The van der Waals surface area contributed by atoms with Crippen LogP contribution in [0.5, 0.6) is 0 Å². The van der Waals surface area contributed by atoms with Gasteiger partial charge < -0.3 is 5.11 Å². The van der Waals surface area contributed by atoms with E-state index in [9.17, 15) is 0 Å². The number of rotatable bonds is 5. The molecule has 0 spiro atoms. The fourth-order valence-electron chi connectivity index (χ4n) is 0.816. The fourth-order valence-corrected chi connectivity index (χ4v) is 0.816. The van der Waals surface area contributed by atoms with E-state index in [4.69, 9.17) is 5.11 Å². The summed E-state index contributed by atoms with van der Waals surface area (Å²) < 4.78 is 0. The van der Waals surface area contributed by atoms with E-state index in [0.717, 1.165) is 25.7 Å². The summed E-state index contributed by atoms with van der Waals surface area (Å²) in [6.07, 6.45) is 8.48. The Morgan fingerprint density at radius 2 is 2.10 bits per heavy atom. The quantitative estimate of drug-likeness (QED) is 0.462. The summed E-state index contributed by atoms with van der Waals surface area (Å²) in [6, 6.07) is 0. The third-order valence-corrected chi connectivity index (χ3v) is 1.40. The Morgan fingerprint density at radius 1 is 1.40 bits per heavy atom. The van der Waals surface area contributed by atoms with Crippen LogP contribution < -0.4 is 0 Å². The maximum absolute atomic E-state index is 8.88. The molecule has 1 heteroatoms. The van der Waals surface area contributed by atoms with Gasteiger partial charge in [-0.3, -0.25) is 0 Å². The minimum atomic E-state index is -0.130. The summed E-state index contributed by atoms with van der Waals surface area (Å²) in [5.41, 5.74) is 0. The van der Waals surface area contributed by atoms with Crippen LogP contribution in [0.25, 0.3) is 0 Å². The molecule has 60 valence electrons. The molecule has 0 aliphatic rings. The van der Waals surface area contributed by atoms with Crippen molar-refractivity contribution in [2.24, 2.45) is 0 Å². The molecule has 1 N–H and O–H groups in total. The van der Waals surface area contributed by atoms with E-state index in [1.54, 1.807) is 0 Å². The first-order chi connectivity index (χ1) is 4.77. The lowest BCUT2D eigenvalue weighted by Gasteiger charge is -1.99. The van der Waals surface area contributed by atoms with Crippen molar-refractivity contribution < 1.29 is 5.11 Å². The molecule has 0 aromatic carbocycles. The van der Waals surface area contributed by atoms with Gasteiger partial charge in [-0.1, -0.05) is 19.1 Å². The summed E-state index contributed by atoms with van der Waals surface area (Å²) in [5.74, 6) is 0. The number of aliphatic hydroxyl groups excluding tert-OH is 1. The number of aliphatic hydroxyl groups is 1. The third kappa shape index (κ3) is 7.70. The second kappa shape index (κ2) is 6.81. The largest absolute Gasteiger partial charge is 0.393 e. The van der Waals surface area contributed by atoms with Crippen LogP contribution >= 0.6 is 0 Å². The summed E-state index contributed by atoms with van der Waals surface area (Å²) in [7, 11) is 0. The molecule has 10 heavy (non-hydrogen) atoms. The van der Waals surface area contributed by atoms with Crippen molar-refractivity contribution in [3.05, 3.63) is 12.2 Å². The first-order valence-corrected chi connectivity index (χ1v) is 4.10. The highest BCUT2D eigenvalue weighted by Crippen LogP contribution is 2.00. The highest BCUT2D eigenvalue weighted by molar-refractivity contribution is 4.79. The molecule has 0 radical (unpaired) electrons. The van der Waals surface area contributed by atoms with Crippen LogP contribution in [0.15, 0.2) is 12.2 Å². The van der Waals surface area contributed by atoms with Crippen molar-refractivity contribution in [1.29, 1.82) is 0 Å². The van der Waals surface area contributed by atoms with Crippen LogP contribution in [0.1, 0.15) is 39.5 Å². The van der Waals surface area contributed by atoms with Crippen molar-refractivity contribution >= 4 is 0 Å². The monoisotopic (exact) mass is 142 g/mol. The van der Waals surface area contributed by atoms with Gasteiger partial charge in [0.15, 0.2) is 0 Å². The molecule has 0 rings (SSSR count). The van der Waals surface area contributed by atoms with Gasteiger partial charge in [0.1, 0.15) is 0 Å². The molecule has 0 saturated carbocycles. The molecule has 1 unspecified atom stereocenters. The Balaban J connectivity index is 2.97. The van der Waals surface area contributed by atoms with Crippen LogP contribution in [0.3, 0.4) is 0 Å². The van der Waals surface area contributed by atoms with E-state index in [2.05, 4.69) is 19.1 Å². The van der Waals surface area contributed by atoms with Crippen molar-refractivity contribution in [1.82, 2.24) is 0 Å². The van der Waals surface area contributed by atoms with Gasteiger partial charge in [-0.25, -0.2) is 0 Å². The molecule has 0 bridgehead atoms. The maximum atomic E-state index is 8.88. The molecule has 0 heterocycles. The second-order valence-corrected chi connectivity index (χ2v) is 2.66. The first-order valence-electron chi connectivity index (χ1n) is 4.10. The van der Waals surface area contributed by atoms with Gasteiger partial charge in [0.25, 0.3) is 0 Å². The van der Waals surface area contributed by atoms with Gasteiger partial charge in [-0.05, 0) is 32.6 Å². The number of hydrogen-bond acceptors (Lipinski definition) is 1. The van der Waals surface area contributed by atoms with Crippen LogP contribution in [-0.4, -0.2) is 11.2 Å². The van der Waals surface area contributed by atoms with E-state index in [-0.39, 0.29) is 6.10 Å². The van der Waals surface area contributed by atoms with Crippen LogP contribution in [-0.2, 0) is 0 Å². The number of allylic oxidation sites excluding steroid dienone is 2. The Kier molecular flexibility index (Phi) is 6.61. The Bertz CT molecular complexity index is 84.7. The van der Waals surface area contributed by atoms with Crippen LogP contribution in [0.2, 0.25) is 0 Å². The molecular weight excluding hydrogens is 124 g/mol. The van der Waals surface area contributed by atoms with E-state index in [1.807, 2.05) is 6.92 Å². The second-order valence-electron chi connectivity index (χ2n) is 2.66. The molecule has 1 atom stereocenters. The van der Waals surface area contributed by atoms with Crippen molar-refractivity contribution in [2.45, 2.75) is 45.6 Å². The summed E-state index contributed by atoms with van der Waals surface area (Å²) in [5, 5.41) is 8.88. The highest BCUT2D eigenvalue weighted by atomic mass is 16.3. The normalized spacial score (nSPS) is 14.3. The lowest BCUT2D eigenvalue weighted by Crippen LogP contribution is -1.97. The smallest absolute Gasteiger partial charge is 0.0512 e. The minimum absolute atomic E-state index is 0.130. The fraction of sp³-hybridized carbons (Fsp3) is 0.778. The van der Waals surface area contributed by atoms with Crippen molar-refractivity contribution in [3.8, 4) is 0 Å². The molecule has 0 fully saturated rings. The average molecular weight is 142 g/mol. The number of unbranched alkanes of at least 4 members (excludes halogenated alkanes) is 1. The molecule has 0 aliphatic heterocycles. The van der Waals surface area contributed by atoms with Gasteiger partial charge in [-0.2, -0.15) is 0 Å². The molecule has 0 aromatic rings. The average Bonchev–Trinajstić information content (AvgIpc) is 1.87. The van der Waals surface area contributed by atoms with Crippen LogP contribution in [0, 0.1) is 0 Å².